The molecule has 0 spiro atoms. The number of aryl methyl sites for hydroxylation is 1. The van der Waals surface area contributed by atoms with Crippen molar-refractivity contribution in [2.45, 2.75) is 46.2 Å². The second kappa shape index (κ2) is 8.31. The van der Waals surface area contributed by atoms with E-state index >= 15 is 0 Å². The van der Waals surface area contributed by atoms with Crippen LogP contribution in [0.25, 0.3) is 0 Å². The van der Waals surface area contributed by atoms with Gasteiger partial charge in [0.05, 0.1) is 18.3 Å². The Balaban J connectivity index is 1.68. The van der Waals surface area contributed by atoms with Crippen LogP contribution in [0.15, 0.2) is 18.2 Å². The molecular weight excluding hydrogens is 330 g/mol. The quantitative estimate of drug-likeness (QED) is 0.828. The number of nitrogens with one attached hydrogen (secondary N) is 2. The van der Waals surface area contributed by atoms with Crippen molar-refractivity contribution in [3.63, 3.8) is 0 Å². The van der Waals surface area contributed by atoms with Crippen molar-refractivity contribution in [2.75, 3.05) is 19.7 Å². The average molecular weight is 357 g/mol. The molecular formula is C19H27N5O2. The molecule has 1 saturated heterocycles. The third-order valence-corrected chi connectivity index (χ3v) is 4.76. The van der Waals surface area contributed by atoms with Gasteiger partial charge in [-0.3, -0.25) is 4.79 Å². The van der Waals surface area contributed by atoms with Gasteiger partial charge in [0.2, 0.25) is 0 Å². The summed E-state index contributed by atoms with van der Waals surface area (Å²) in [6, 6.07) is 6.30. The zero-order valence-corrected chi connectivity index (χ0v) is 15.7. The smallest absolute Gasteiger partial charge is 0.274 e. The maximum Gasteiger partial charge on any atom is 0.274 e. The van der Waals surface area contributed by atoms with Crippen molar-refractivity contribution in [2.24, 2.45) is 0 Å². The zero-order valence-electron chi connectivity index (χ0n) is 15.7. The summed E-state index contributed by atoms with van der Waals surface area (Å²) in [5, 5.41) is 14.6. The van der Waals surface area contributed by atoms with E-state index in [-0.39, 0.29) is 5.91 Å². The van der Waals surface area contributed by atoms with Gasteiger partial charge < -0.3 is 15.4 Å². The highest BCUT2D eigenvalue weighted by Gasteiger charge is 2.22. The number of rotatable bonds is 6. The third kappa shape index (κ3) is 4.04. The molecule has 1 aliphatic heterocycles. The van der Waals surface area contributed by atoms with Gasteiger partial charge in [0, 0.05) is 12.1 Å². The lowest BCUT2D eigenvalue weighted by atomic mass is 10.1. The highest BCUT2D eigenvalue weighted by molar-refractivity contribution is 5.93. The lowest BCUT2D eigenvalue weighted by Gasteiger charge is -2.23. The molecule has 7 nitrogen and oxygen atoms in total. The number of hydrogen-bond donors (Lipinski definition) is 2. The fourth-order valence-electron chi connectivity index (χ4n) is 3.31. The Morgan fingerprint density at radius 1 is 1.35 bits per heavy atom. The fourth-order valence-corrected chi connectivity index (χ4v) is 3.31. The first-order chi connectivity index (χ1) is 12.6. The normalized spacial score (nSPS) is 15.0. The molecule has 0 bridgehead atoms. The Kier molecular flexibility index (Phi) is 5.88. The van der Waals surface area contributed by atoms with E-state index in [0.29, 0.717) is 24.9 Å². The van der Waals surface area contributed by atoms with Crippen LogP contribution in [-0.4, -0.2) is 40.6 Å². The van der Waals surface area contributed by atoms with Gasteiger partial charge in [-0.15, -0.1) is 5.10 Å². The van der Waals surface area contributed by atoms with E-state index in [4.69, 9.17) is 4.74 Å². The first kappa shape index (κ1) is 18.4. The predicted molar refractivity (Wildman–Crippen MR) is 99.4 cm³/mol. The fraction of sp³-hybridized carbons (Fsp3) is 0.526. The second-order valence-corrected chi connectivity index (χ2v) is 6.68. The van der Waals surface area contributed by atoms with Crippen molar-refractivity contribution in [3.8, 4) is 5.75 Å². The van der Waals surface area contributed by atoms with E-state index in [0.717, 1.165) is 48.5 Å². The molecule has 0 atom stereocenters. The van der Waals surface area contributed by atoms with E-state index in [1.165, 1.54) is 0 Å². The summed E-state index contributed by atoms with van der Waals surface area (Å²) in [6.45, 7) is 8.81. The van der Waals surface area contributed by atoms with Gasteiger partial charge in [-0.2, -0.15) is 0 Å². The molecule has 7 heteroatoms. The Labute approximate surface area is 154 Å². The molecule has 26 heavy (non-hydrogen) atoms. The summed E-state index contributed by atoms with van der Waals surface area (Å²) in [5.74, 6) is 0.605. The maximum atomic E-state index is 12.6. The Hall–Kier alpha value is -2.41. The van der Waals surface area contributed by atoms with Gasteiger partial charge in [0.25, 0.3) is 5.91 Å². The van der Waals surface area contributed by atoms with Crippen molar-refractivity contribution >= 4 is 5.91 Å². The van der Waals surface area contributed by atoms with Crippen LogP contribution in [-0.2, 0) is 6.54 Å². The van der Waals surface area contributed by atoms with Crippen LogP contribution in [0.5, 0.6) is 5.75 Å². The maximum absolute atomic E-state index is 12.6. The van der Waals surface area contributed by atoms with E-state index < -0.39 is 0 Å². The van der Waals surface area contributed by atoms with Crippen molar-refractivity contribution in [1.82, 2.24) is 25.6 Å². The van der Waals surface area contributed by atoms with Crippen LogP contribution in [0.2, 0.25) is 0 Å². The number of benzene rings is 1. The van der Waals surface area contributed by atoms with E-state index in [1.807, 2.05) is 43.7 Å². The zero-order chi connectivity index (χ0) is 18.5. The number of carbonyl (C=O) groups excluding carboxylic acids is 1. The monoisotopic (exact) mass is 357 g/mol. The molecule has 0 aliphatic carbocycles. The number of amides is 1. The lowest BCUT2D eigenvalue weighted by molar-refractivity contribution is 0.0945. The van der Waals surface area contributed by atoms with Crippen molar-refractivity contribution in [3.05, 3.63) is 40.7 Å². The van der Waals surface area contributed by atoms with Crippen LogP contribution in [0.4, 0.5) is 0 Å². The van der Waals surface area contributed by atoms with Gasteiger partial charge >= 0.3 is 0 Å². The van der Waals surface area contributed by atoms with Gasteiger partial charge in [-0.05, 0) is 58.3 Å². The van der Waals surface area contributed by atoms with Crippen LogP contribution in [0.3, 0.4) is 0 Å². The van der Waals surface area contributed by atoms with Gasteiger partial charge in [0.15, 0.2) is 5.69 Å². The largest absolute Gasteiger partial charge is 0.494 e. The summed E-state index contributed by atoms with van der Waals surface area (Å²) in [4.78, 5) is 12.6. The molecule has 1 amide bonds. The molecule has 1 fully saturated rings. The van der Waals surface area contributed by atoms with Crippen LogP contribution < -0.4 is 15.4 Å². The van der Waals surface area contributed by atoms with Gasteiger partial charge in [-0.25, -0.2) is 4.68 Å². The summed E-state index contributed by atoms with van der Waals surface area (Å²) in [6.07, 6.45) is 2.01. The molecule has 2 N–H and O–H groups in total. The van der Waals surface area contributed by atoms with Crippen molar-refractivity contribution < 1.29 is 9.53 Å². The Morgan fingerprint density at radius 3 is 2.85 bits per heavy atom. The lowest BCUT2D eigenvalue weighted by Crippen LogP contribution is -2.30. The van der Waals surface area contributed by atoms with Crippen LogP contribution in [0.1, 0.15) is 53.1 Å². The summed E-state index contributed by atoms with van der Waals surface area (Å²) in [7, 11) is 0. The summed E-state index contributed by atoms with van der Waals surface area (Å²) in [5.41, 5.74) is 3.30. The molecule has 0 radical (unpaired) electrons. The second-order valence-electron chi connectivity index (χ2n) is 6.68. The number of piperidine rings is 1. The highest BCUT2D eigenvalue weighted by Crippen LogP contribution is 2.22. The van der Waals surface area contributed by atoms with E-state index in [2.05, 4.69) is 20.9 Å². The molecule has 1 aromatic heterocycles. The minimum Gasteiger partial charge on any atom is -0.494 e. The molecule has 1 aliphatic rings. The molecule has 0 saturated carbocycles. The minimum absolute atomic E-state index is 0.203. The van der Waals surface area contributed by atoms with Gasteiger partial charge in [0.1, 0.15) is 5.75 Å². The number of aromatic nitrogens is 3. The first-order valence-corrected chi connectivity index (χ1v) is 9.23. The van der Waals surface area contributed by atoms with E-state index in [1.54, 1.807) is 0 Å². The number of nitrogens with zero attached hydrogens (tertiary/aromatic N) is 3. The molecule has 3 rings (SSSR count). The molecule has 2 heterocycles. The van der Waals surface area contributed by atoms with Gasteiger partial charge in [-0.1, -0.05) is 17.3 Å². The number of ether oxygens (including phenoxy) is 1. The van der Waals surface area contributed by atoms with E-state index in [9.17, 15) is 4.79 Å². The molecule has 140 valence electrons. The first-order valence-electron chi connectivity index (χ1n) is 9.23. The Bertz CT molecular complexity index is 765. The highest BCUT2D eigenvalue weighted by atomic mass is 16.5. The third-order valence-electron chi connectivity index (χ3n) is 4.76. The van der Waals surface area contributed by atoms with Crippen LogP contribution >= 0.6 is 0 Å². The predicted octanol–water partition coefficient (Wildman–Crippen LogP) is 2.15. The SMILES string of the molecule is CCOc1cc(C)ccc1CNC(=O)c1nnn(C2CCNCC2)c1C. The summed E-state index contributed by atoms with van der Waals surface area (Å²) >= 11 is 0. The molecule has 1 aromatic carbocycles. The Morgan fingerprint density at radius 2 is 2.12 bits per heavy atom. The average Bonchev–Trinajstić information content (AvgIpc) is 3.03. The number of hydrogen-bond acceptors (Lipinski definition) is 5. The van der Waals surface area contributed by atoms with Crippen molar-refractivity contribution in [1.29, 1.82) is 0 Å². The minimum atomic E-state index is -0.203. The molecule has 2 aromatic rings. The summed E-state index contributed by atoms with van der Waals surface area (Å²) < 4.78 is 7.57. The topological polar surface area (TPSA) is 81.1 Å². The van der Waals surface area contributed by atoms with Crippen LogP contribution in [0, 0.1) is 13.8 Å². The molecule has 0 unspecified atom stereocenters. The standard InChI is InChI=1S/C19H27N5O2/c1-4-26-17-11-13(2)5-6-15(17)12-21-19(25)18-14(3)24(23-22-18)16-7-9-20-10-8-16/h5-6,11,16,20H,4,7-10,12H2,1-3H3,(H,21,25). The number of carbonyl (C=O) groups is 1.